The summed E-state index contributed by atoms with van der Waals surface area (Å²) >= 11 is 6.20. The lowest BCUT2D eigenvalue weighted by Gasteiger charge is -2.32. The molecule has 1 aromatic carbocycles. The smallest absolute Gasteiger partial charge is 0.260 e. The molecule has 5 nitrogen and oxygen atoms in total. The number of likely N-dealkylation sites (tertiary alicyclic amines) is 1. The van der Waals surface area contributed by atoms with Crippen molar-refractivity contribution < 1.29 is 9.53 Å². The molecule has 29 heavy (non-hydrogen) atoms. The Hall–Kier alpha value is -2.66. The number of benzene rings is 1. The number of hydrogen-bond donors (Lipinski definition) is 0. The first-order valence-electron chi connectivity index (χ1n) is 9.89. The fraction of sp³-hybridized carbons (Fsp3) is 0.348. The number of amides is 1. The number of halogens is 1. The van der Waals surface area contributed by atoms with Crippen LogP contribution >= 0.6 is 11.6 Å². The summed E-state index contributed by atoms with van der Waals surface area (Å²) in [6, 6.07) is 9.70. The monoisotopic (exact) mass is 409 g/mol. The minimum atomic E-state index is -0.00105. The Morgan fingerprint density at radius 1 is 1.24 bits per heavy atom. The molecule has 3 heterocycles. The topological polar surface area (TPSA) is 55.3 Å². The molecule has 1 amide bonds. The quantitative estimate of drug-likeness (QED) is 0.627. The van der Waals surface area contributed by atoms with Crippen LogP contribution in [-0.2, 0) is 4.79 Å². The Kier molecular flexibility index (Phi) is 5.67. The van der Waals surface area contributed by atoms with Gasteiger partial charge < -0.3 is 9.64 Å². The minimum Gasteiger partial charge on any atom is -0.484 e. The Balaban J connectivity index is 1.41. The van der Waals surface area contributed by atoms with E-state index < -0.39 is 0 Å². The maximum absolute atomic E-state index is 12.7. The van der Waals surface area contributed by atoms with Crippen molar-refractivity contribution in [2.24, 2.45) is 0 Å². The first-order chi connectivity index (χ1) is 14.0. The third-order valence-electron chi connectivity index (χ3n) is 5.47. The summed E-state index contributed by atoms with van der Waals surface area (Å²) in [5, 5.41) is 1.77. The number of aromatic nitrogens is 2. The molecule has 1 aliphatic rings. The standard InChI is InChI=1S/C23H24ClN3O2/c1-15-9-19(10-16(2)23(15)24)29-14-22(28)27-8-4-6-18(13-27)21-11-20-17(12-26-21)5-3-7-25-20/h3,5,7,9-12,18H,4,6,8,13-14H2,1-2H3/t18-/m1/s1. The molecule has 1 aliphatic heterocycles. The van der Waals surface area contributed by atoms with Crippen molar-refractivity contribution >= 4 is 28.4 Å². The van der Waals surface area contributed by atoms with Crippen LogP contribution in [0.5, 0.6) is 5.75 Å². The highest BCUT2D eigenvalue weighted by Crippen LogP contribution is 2.28. The van der Waals surface area contributed by atoms with Crippen molar-refractivity contribution in [2.45, 2.75) is 32.6 Å². The molecule has 1 fully saturated rings. The van der Waals surface area contributed by atoms with E-state index in [1.807, 2.05) is 55.3 Å². The van der Waals surface area contributed by atoms with Crippen LogP contribution in [0.2, 0.25) is 5.02 Å². The summed E-state index contributed by atoms with van der Waals surface area (Å²) in [5.41, 5.74) is 3.84. The molecule has 3 aromatic rings. The van der Waals surface area contributed by atoms with Crippen LogP contribution in [0.4, 0.5) is 0 Å². The van der Waals surface area contributed by atoms with Crippen molar-refractivity contribution in [2.75, 3.05) is 19.7 Å². The maximum Gasteiger partial charge on any atom is 0.260 e. The minimum absolute atomic E-state index is 0.00105. The van der Waals surface area contributed by atoms with Gasteiger partial charge in [0.2, 0.25) is 0 Å². The Morgan fingerprint density at radius 2 is 2.03 bits per heavy atom. The highest BCUT2D eigenvalue weighted by molar-refractivity contribution is 6.32. The number of hydrogen-bond acceptors (Lipinski definition) is 4. The van der Waals surface area contributed by atoms with Crippen molar-refractivity contribution in [3.63, 3.8) is 0 Å². The van der Waals surface area contributed by atoms with Crippen molar-refractivity contribution in [1.29, 1.82) is 0 Å². The van der Waals surface area contributed by atoms with Gasteiger partial charge in [0.1, 0.15) is 5.75 Å². The average Bonchev–Trinajstić information content (AvgIpc) is 2.75. The number of carbonyl (C=O) groups excluding carboxylic acids is 1. The molecule has 4 rings (SSSR count). The van der Waals surface area contributed by atoms with Gasteiger partial charge in [-0.1, -0.05) is 11.6 Å². The van der Waals surface area contributed by atoms with E-state index in [4.69, 9.17) is 16.3 Å². The molecule has 150 valence electrons. The third-order valence-corrected chi connectivity index (χ3v) is 6.07. The molecular weight excluding hydrogens is 386 g/mol. The van der Waals surface area contributed by atoms with E-state index in [0.717, 1.165) is 52.1 Å². The number of rotatable bonds is 4. The van der Waals surface area contributed by atoms with Gasteiger partial charge in [-0.05, 0) is 68.1 Å². The molecular formula is C23H24ClN3O2. The maximum atomic E-state index is 12.7. The molecule has 1 atom stereocenters. The predicted octanol–water partition coefficient (Wildman–Crippen LogP) is 4.69. The Bertz CT molecular complexity index is 1030. The van der Waals surface area contributed by atoms with Gasteiger partial charge in [-0.2, -0.15) is 0 Å². The molecule has 6 heteroatoms. The number of nitrogens with zero attached hydrogens (tertiary/aromatic N) is 3. The average molecular weight is 410 g/mol. The van der Waals surface area contributed by atoms with Gasteiger partial charge in [0.15, 0.2) is 6.61 Å². The zero-order valence-corrected chi connectivity index (χ0v) is 17.4. The van der Waals surface area contributed by atoms with E-state index in [2.05, 4.69) is 9.97 Å². The molecule has 1 saturated heterocycles. The summed E-state index contributed by atoms with van der Waals surface area (Å²) in [6.07, 6.45) is 5.64. The van der Waals surface area contributed by atoms with Crippen LogP contribution in [0.25, 0.3) is 10.9 Å². The van der Waals surface area contributed by atoms with Gasteiger partial charge in [0.25, 0.3) is 5.91 Å². The van der Waals surface area contributed by atoms with Gasteiger partial charge >= 0.3 is 0 Å². The van der Waals surface area contributed by atoms with Crippen LogP contribution in [-0.4, -0.2) is 40.5 Å². The van der Waals surface area contributed by atoms with Crippen molar-refractivity contribution in [3.05, 3.63) is 64.6 Å². The van der Waals surface area contributed by atoms with E-state index in [1.54, 1.807) is 6.20 Å². The predicted molar refractivity (Wildman–Crippen MR) is 115 cm³/mol. The number of fused-ring (bicyclic) bond motifs is 1. The summed E-state index contributed by atoms with van der Waals surface area (Å²) < 4.78 is 5.76. The second-order valence-electron chi connectivity index (χ2n) is 7.64. The largest absolute Gasteiger partial charge is 0.484 e. The number of pyridine rings is 2. The molecule has 0 radical (unpaired) electrons. The normalized spacial score (nSPS) is 16.8. The lowest BCUT2D eigenvalue weighted by Crippen LogP contribution is -2.41. The van der Waals surface area contributed by atoms with Crippen LogP contribution in [0.3, 0.4) is 0 Å². The Labute approximate surface area is 175 Å². The Morgan fingerprint density at radius 3 is 2.83 bits per heavy atom. The van der Waals surface area contributed by atoms with Gasteiger partial charge in [0, 0.05) is 47.5 Å². The van der Waals surface area contributed by atoms with E-state index >= 15 is 0 Å². The molecule has 0 unspecified atom stereocenters. The lowest BCUT2D eigenvalue weighted by molar-refractivity contribution is -0.134. The first-order valence-corrected chi connectivity index (χ1v) is 10.3. The van der Waals surface area contributed by atoms with Crippen LogP contribution in [0, 0.1) is 13.8 Å². The van der Waals surface area contributed by atoms with E-state index in [1.165, 1.54) is 0 Å². The van der Waals surface area contributed by atoms with E-state index in [-0.39, 0.29) is 18.4 Å². The number of piperidine rings is 1. The van der Waals surface area contributed by atoms with Crippen molar-refractivity contribution in [3.8, 4) is 5.75 Å². The molecule has 0 saturated carbocycles. The second kappa shape index (κ2) is 8.37. The van der Waals surface area contributed by atoms with Gasteiger partial charge in [-0.15, -0.1) is 0 Å². The fourth-order valence-electron chi connectivity index (χ4n) is 3.88. The molecule has 0 aliphatic carbocycles. The number of ether oxygens (including phenoxy) is 1. The number of aryl methyl sites for hydroxylation is 2. The summed E-state index contributed by atoms with van der Waals surface area (Å²) in [6.45, 7) is 5.31. The summed E-state index contributed by atoms with van der Waals surface area (Å²) in [4.78, 5) is 23.7. The van der Waals surface area contributed by atoms with E-state index in [0.29, 0.717) is 12.3 Å². The SMILES string of the molecule is Cc1cc(OCC(=O)N2CCC[C@@H](c3cc4ncccc4cn3)C2)cc(C)c1Cl. The second-order valence-corrected chi connectivity index (χ2v) is 8.02. The van der Waals surface area contributed by atoms with Gasteiger partial charge in [-0.3, -0.25) is 14.8 Å². The lowest BCUT2D eigenvalue weighted by atomic mass is 9.94. The fourth-order valence-corrected chi connectivity index (χ4v) is 3.98. The zero-order valence-electron chi connectivity index (χ0n) is 16.7. The highest BCUT2D eigenvalue weighted by atomic mass is 35.5. The highest BCUT2D eigenvalue weighted by Gasteiger charge is 2.26. The third kappa shape index (κ3) is 4.35. The van der Waals surface area contributed by atoms with Gasteiger partial charge in [-0.25, -0.2) is 0 Å². The zero-order chi connectivity index (χ0) is 20.4. The first kappa shape index (κ1) is 19.6. The van der Waals surface area contributed by atoms with Crippen LogP contribution < -0.4 is 4.74 Å². The summed E-state index contributed by atoms with van der Waals surface area (Å²) in [7, 11) is 0. The molecule has 0 N–H and O–H groups in total. The molecule has 2 aromatic heterocycles. The number of carbonyl (C=O) groups is 1. The molecule has 0 spiro atoms. The summed E-state index contributed by atoms with van der Waals surface area (Å²) in [5.74, 6) is 0.895. The molecule has 0 bridgehead atoms. The van der Waals surface area contributed by atoms with Crippen molar-refractivity contribution in [1.82, 2.24) is 14.9 Å². The van der Waals surface area contributed by atoms with Crippen LogP contribution in [0.1, 0.15) is 35.6 Å². The van der Waals surface area contributed by atoms with Crippen LogP contribution in [0.15, 0.2) is 42.7 Å². The van der Waals surface area contributed by atoms with E-state index in [9.17, 15) is 4.79 Å². The van der Waals surface area contributed by atoms with Gasteiger partial charge in [0.05, 0.1) is 5.52 Å².